The Kier molecular flexibility index (Phi) is 8.29. The fourth-order valence-corrected chi connectivity index (χ4v) is 7.13. The minimum atomic E-state index is -4.27. The first kappa shape index (κ1) is 29.2. The van der Waals surface area contributed by atoms with Crippen LogP contribution in [0.15, 0.2) is 64.9 Å². The van der Waals surface area contributed by atoms with Crippen LogP contribution in [0, 0.1) is 13.8 Å². The molecule has 42 heavy (non-hydrogen) atoms. The summed E-state index contributed by atoms with van der Waals surface area (Å²) in [6.07, 6.45) is 4.65. The Labute approximate surface area is 243 Å². The molecule has 3 atom stereocenters. The second-order valence-corrected chi connectivity index (χ2v) is 12.3. The molecule has 5 rings (SSSR count). The van der Waals surface area contributed by atoms with E-state index in [1.165, 1.54) is 0 Å². The summed E-state index contributed by atoms with van der Waals surface area (Å²) in [5, 5.41) is 20.6. The van der Waals surface area contributed by atoms with Crippen molar-refractivity contribution < 1.29 is 28.0 Å². The third-order valence-electron chi connectivity index (χ3n) is 7.44. The van der Waals surface area contributed by atoms with Gasteiger partial charge < -0.3 is 25.6 Å². The number of imidazole rings is 1. The largest absolute Gasteiger partial charge is 0.480 e. The predicted molar refractivity (Wildman–Crippen MR) is 155 cm³/mol. The van der Waals surface area contributed by atoms with Gasteiger partial charge in [-0.05, 0) is 36.1 Å². The molecule has 3 aromatic rings. The average Bonchev–Trinajstić information content (AvgIpc) is 3.72. The number of carbonyl (C=O) groups is 2. The average molecular weight is 596 g/mol. The molecule has 1 saturated heterocycles. The smallest absolute Gasteiger partial charge is 0.323 e. The van der Waals surface area contributed by atoms with Crippen molar-refractivity contribution in [2.75, 3.05) is 25.0 Å². The molecule has 0 bridgehead atoms. The third kappa shape index (κ3) is 6.30. The Morgan fingerprint density at radius 1 is 1.24 bits per heavy atom. The molecule has 13 nitrogen and oxygen atoms in total. The summed E-state index contributed by atoms with van der Waals surface area (Å²) in [6, 6.07) is 11.5. The number of hydrogen-bond donors (Lipinski definition) is 5. The summed E-state index contributed by atoms with van der Waals surface area (Å²) < 4.78 is 29.2. The van der Waals surface area contributed by atoms with E-state index in [-0.39, 0.29) is 23.2 Å². The van der Waals surface area contributed by atoms with Crippen molar-refractivity contribution in [1.29, 1.82) is 0 Å². The number of amides is 1. The van der Waals surface area contributed by atoms with Crippen molar-refractivity contribution in [3.8, 4) is 11.1 Å². The predicted octanol–water partition coefficient (Wildman–Crippen LogP) is 1.83. The number of aliphatic carboxylic acids is 1. The van der Waals surface area contributed by atoms with Crippen molar-refractivity contribution in [3.05, 3.63) is 66.0 Å². The lowest BCUT2D eigenvalue weighted by atomic mass is 9.95. The van der Waals surface area contributed by atoms with Gasteiger partial charge in [0.2, 0.25) is 16.4 Å². The fraction of sp³-hybridized carbons (Fsp3) is 0.357. The van der Waals surface area contributed by atoms with E-state index < -0.39 is 34.2 Å². The van der Waals surface area contributed by atoms with Crippen LogP contribution in [0.4, 0.5) is 5.95 Å². The molecule has 3 heterocycles. The topological polar surface area (TPSA) is 178 Å². The second kappa shape index (κ2) is 11.9. The van der Waals surface area contributed by atoms with Crippen LogP contribution in [0.2, 0.25) is 0 Å². The van der Waals surface area contributed by atoms with Crippen LogP contribution < -0.4 is 15.4 Å². The summed E-state index contributed by atoms with van der Waals surface area (Å²) in [5.41, 5.74) is 2.02. The number of aromatic nitrogens is 2. The number of oxime groups is 1. The monoisotopic (exact) mass is 595 g/mol. The third-order valence-corrected chi connectivity index (χ3v) is 9.22. The van der Waals surface area contributed by atoms with Crippen LogP contribution in [-0.4, -0.2) is 83.9 Å². The highest BCUT2D eigenvalue weighted by Gasteiger charge is 2.47. The number of carboxylic acid groups (broad SMARTS) is 1. The SMILES string of the molecule is Cc1cc(-c2ccccc2)cc(C)c1S(=O)(=O)NC(CN(C=O)C1=NO[C@]2(CNC(CNc3ncc[nH]3)C2)C1)C(=O)O. The maximum Gasteiger partial charge on any atom is 0.323 e. The number of anilines is 1. The number of aryl methyl sites for hydroxylation is 2. The molecule has 222 valence electrons. The summed E-state index contributed by atoms with van der Waals surface area (Å²) >= 11 is 0. The van der Waals surface area contributed by atoms with Crippen molar-refractivity contribution in [3.63, 3.8) is 0 Å². The van der Waals surface area contributed by atoms with Crippen molar-refractivity contribution in [2.24, 2.45) is 5.16 Å². The van der Waals surface area contributed by atoms with Gasteiger partial charge in [-0.2, -0.15) is 4.72 Å². The molecule has 2 aliphatic rings. The normalized spacial score (nSPS) is 20.6. The van der Waals surface area contributed by atoms with Crippen LogP contribution in [-0.2, 0) is 24.4 Å². The molecule has 14 heteroatoms. The maximum atomic E-state index is 13.5. The van der Waals surface area contributed by atoms with Gasteiger partial charge in [-0.25, -0.2) is 13.4 Å². The Morgan fingerprint density at radius 3 is 2.62 bits per heavy atom. The number of amidine groups is 1. The standard InChI is InChI=1S/C28H33N7O6S/c1-18-10-21(20-6-4-3-5-7-20)11-19(2)25(18)42(39,40)34-23(26(37)38)15-35(17-36)24-13-28(41-33-24)12-22(32-16-28)14-31-27-29-8-9-30-27/h3-11,17,22-23,32,34H,12-16H2,1-2H3,(H,37,38)(H2,29,30,31)/t22?,23?,28-/m0/s1. The lowest BCUT2D eigenvalue weighted by molar-refractivity contribution is -0.139. The summed E-state index contributed by atoms with van der Waals surface area (Å²) in [7, 11) is -4.27. The zero-order valence-corrected chi connectivity index (χ0v) is 24.0. The van der Waals surface area contributed by atoms with E-state index in [4.69, 9.17) is 4.84 Å². The van der Waals surface area contributed by atoms with E-state index in [1.54, 1.807) is 38.4 Å². The molecule has 2 unspecified atom stereocenters. The number of H-pyrrole nitrogens is 1. The Balaban J connectivity index is 1.25. The number of nitrogens with zero attached hydrogens (tertiary/aromatic N) is 3. The molecular formula is C28H33N7O6S. The number of rotatable bonds is 11. The number of aromatic amines is 1. The van der Waals surface area contributed by atoms with E-state index in [0.717, 1.165) is 16.0 Å². The Bertz CT molecular complexity index is 1560. The van der Waals surface area contributed by atoms with Gasteiger partial charge in [-0.1, -0.05) is 47.6 Å². The number of benzene rings is 2. The van der Waals surface area contributed by atoms with Gasteiger partial charge >= 0.3 is 5.97 Å². The molecule has 1 spiro atoms. The first-order valence-corrected chi connectivity index (χ1v) is 14.9. The first-order chi connectivity index (χ1) is 20.1. The van der Waals surface area contributed by atoms with Gasteiger partial charge in [0, 0.05) is 37.9 Å². The molecule has 2 aliphatic heterocycles. The highest BCUT2D eigenvalue weighted by atomic mass is 32.2. The first-order valence-electron chi connectivity index (χ1n) is 13.4. The van der Waals surface area contributed by atoms with Gasteiger partial charge in [0.15, 0.2) is 17.4 Å². The minimum Gasteiger partial charge on any atom is -0.480 e. The summed E-state index contributed by atoms with van der Waals surface area (Å²) in [4.78, 5) is 38.2. The minimum absolute atomic E-state index is 0.00203. The van der Waals surface area contributed by atoms with Crippen LogP contribution in [0.5, 0.6) is 0 Å². The molecule has 0 saturated carbocycles. The highest BCUT2D eigenvalue weighted by Crippen LogP contribution is 2.33. The number of nitrogens with one attached hydrogen (secondary N) is 4. The number of carboxylic acids is 1. The zero-order chi connectivity index (χ0) is 29.9. The maximum absolute atomic E-state index is 13.5. The van der Waals surface area contributed by atoms with Gasteiger partial charge in [-0.3, -0.25) is 14.5 Å². The summed E-state index contributed by atoms with van der Waals surface area (Å²) in [5.74, 6) is -0.548. The second-order valence-electron chi connectivity index (χ2n) is 10.6. The van der Waals surface area contributed by atoms with E-state index in [1.807, 2.05) is 30.3 Å². The number of hydrogen-bond acceptors (Lipinski definition) is 9. The van der Waals surface area contributed by atoms with Gasteiger partial charge in [0.1, 0.15) is 6.04 Å². The molecule has 1 amide bonds. The molecule has 0 radical (unpaired) electrons. The summed E-state index contributed by atoms with van der Waals surface area (Å²) in [6.45, 7) is 3.92. The Hall–Kier alpha value is -4.27. The van der Waals surface area contributed by atoms with Crippen molar-refractivity contribution >= 4 is 34.2 Å². The fourth-order valence-electron chi connectivity index (χ4n) is 5.50. The quantitative estimate of drug-likeness (QED) is 0.207. The molecule has 2 aromatic carbocycles. The van der Waals surface area contributed by atoms with Crippen LogP contribution in [0.1, 0.15) is 24.0 Å². The van der Waals surface area contributed by atoms with Crippen molar-refractivity contribution in [2.45, 2.75) is 49.3 Å². The lowest BCUT2D eigenvalue weighted by Gasteiger charge is -2.24. The van der Waals surface area contributed by atoms with E-state index in [0.29, 0.717) is 43.0 Å². The highest BCUT2D eigenvalue weighted by molar-refractivity contribution is 7.89. The van der Waals surface area contributed by atoms with Gasteiger partial charge in [0.25, 0.3) is 0 Å². The molecule has 0 aliphatic carbocycles. The van der Waals surface area contributed by atoms with Crippen LogP contribution in [0.25, 0.3) is 11.1 Å². The van der Waals surface area contributed by atoms with E-state index in [9.17, 15) is 23.1 Å². The van der Waals surface area contributed by atoms with E-state index in [2.05, 4.69) is 30.5 Å². The van der Waals surface area contributed by atoms with Crippen LogP contribution >= 0.6 is 0 Å². The molecule has 1 aromatic heterocycles. The van der Waals surface area contributed by atoms with Gasteiger partial charge in [-0.15, -0.1) is 0 Å². The number of sulfonamides is 1. The lowest BCUT2D eigenvalue weighted by Crippen LogP contribution is -2.50. The Morgan fingerprint density at radius 2 is 1.98 bits per heavy atom. The van der Waals surface area contributed by atoms with Crippen molar-refractivity contribution in [1.82, 2.24) is 24.9 Å². The van der Waals surface area contributed by atoms with Gasteiger partial charge in [0.05, 0.1) is 17.9 Å². The number of carbonyl (C=O) groups excluding carboxylic acids is 1. The zero-order valence-electron chi connectivity index (χ0n) is 23.2. The van der Waals surface area contributed by atoms with Crippen LogP contribution in [0.3, 0.4) is 0 Å². The van der Waals surface area contributed by atoms with E-state index >= 15 is 0 Å². The molecular weight excluding hydrogens is 562 g/mol. The molecule has 1 fully saturated rings. The molecule has 5 N–H and O–H groups in total.